The van der Waals surface area contributed by atoms with E-state index in [1.165, 1.54) is 51.4 Å². The van der Waals surface area contributed by atoms with Crippen LogP contribution in [0.3, 0.4) is 0 Å². The van der Waals surface area contributed by atoms with Crippen LogP contribution in [0.5, 0.6) is 0 Å². The van der Waals surface area contributed by atoms with E-state index in [-0.39, 0.29) is 24.4 Å². The van der Waals surface area contributed by atoms with E-state index in [2.05, 4.69) is 83.1 Å². The van der Waals surface area contributed by atoms with Crippen LogP contribution in [0.25, 0.3) is 0 Å². The van der Waals surface area contributed by atoms with Gasteiger partial charge in [-0.15, -0.1) is 0 Å². The van der Waals surface area contributed by atoms with Crippen molar-refractivity contribution in [1.29, 1.82) is 0 Å². The molecule has 4 aliphatic rings. The average Bonchev–Trinajstić information content (AvgIpc) is 2.99. The second kappa shape index (κ2) is 19.8. The highest BCUT2D eigenvalue weighted by molar-refractivity contribution is 9.17. The minimum atomic E-state index is -2.85. The third kappa shape index (κ3) is 12.7. The molecule has 0 bridgehead atoms. The van der Waals surface area contributed by atoms with Crippen molar-refractivity contribution in [2.75, 3.05) is 0 Å². The Kier molecular flexibility index (Phi) is 17.7. The van der Waals surface area contributed by atoms with Crippen LogP contribution < -0.4 is 0 Å². The topological polar surface area (TPSA) is 36.9 Å². The van der Waals surface area contributed by atoms with Gasteiger partial charge >= 0.3 is 0 Å². The Morgan fingerprint density at radius 1 is 0.400 bits per heavy atom. The molecule has 0 radical (unpaired) electrons. The molecule has 0 saturated heterocycles. The van der Waals surface area contributed by atoms with Gasteiger partial charge in [0.25, 0.3) is 11.4 Å². The van der Waals surface area contributed by atoms with Crippen LogP contribution in [0.1, 0.15) is 160 Å². The Hall–Kier alpha value is 1.84. The molecule has 0 N–H and O–H groups in total. The summed E-state index contributed by atoms with van der Waals surface area (Å²) >= 11 is 13.5. The monoisotopic (exact) mass is 810 g/mol. The summed E-state index contributed by atoms with van der Waals surface area (Å²) in [5.74, 6) is 6.71. The molecule has 0 aromatic heterocycles. The van der Waals surface area contributed by atoms with Gasteiger partial charge in [0.1, 0.15) is 0 Å². The van der Waals surface area contributed by atoms with Crippen molar-refractivity contribution < 1.29 is 18.1 Å². The van der Waals surface area contributed by atoms with Gasteiger partial charge in [0.05, 0.1) is 24.4 Å². The standard InChI is InChI=1S/C40H76O4P2S4/c1-25(2)33-17-13-29(9)21-37(33)41-45(47,42-38-22-30(10)14-18-34(38)26(3)4)49-50-46(48,43-39-23-31(11)15-19-35(39)27(5)6)44-40-24-32(12)16-20-36(40)28(7)8/h25-40H,13-24H2,1-12H3/t29-,30-,31-,32-,33-,34+,35+,36+,37-,38-,39-,40-,45?/m1/s1. The molecule has 4 rings (SSSR count). The Morgan fingerprint density at radius 3 is 0.780 bits per heavy atom. The van der Waals surface area contributed by atoms with Gasteiger partial charge in [-0.2, -0.15) is 0 Å². The van der Waals surface area contributed by atoms with Crippen LogP contribution in [0.4, 0.5) is 0 Å². The molecule has 13 atom stereocenters. The third-order valence-corrected chi connectivity index (χ3v) is 28.0. The fourth-order valence-electron chi connectivity index (χ4n) is 9.81. The fourth-order valence-corrected chi connectivity index (χ4v) is 27.6. The number of hydrogen-bond donors (Lipinski definition) is 0. The van der Waals surface area contributed by atoms with Crippen LogP contribution in [-0.2, 0) is 41.7 Å². The molecule has 4 aliphatic carbocycles. The second-order valence-corrected chi connectivity index (χ2v) is 32.6. The number of rotatable bonds is 15. The van der Waals surface area contributed by atoms with E-state index >= 15 is 0 Å². The van der Waals surface area contributed by atoms with Crippen molar-refractivity contribution in [3.63, 3.8) is 0 Å². The van der Waals surface area contributed by atoms with Gasteiger partial charge in [0.2, 0.25) is 0 Å². The molecule has 0 amide bonds. The van der Waals surface area contributed by atoms with Gasteiger partial charge in [0, 0.05) is 20.8 Å². The zero-order chi connectivity index (χ0) is 37.0. The van der Waals surface area contributed by atoms with Gasteiger partial charge in [-0.25, -0.2) is 0 Å². The maximum absolute atomic E-state index is 7.32. The summed E-state index contributed by atoms with van der Waals surface area (Å²) in [6, 6.07) is 0. The van der Waals surface area contributed by atoms with Crippen molar-refractivity contribution >= 4 is 55.8 Å². The van der Waals surface area contributed by atoms with Gasteiger partial charge in [-0.1, -0.05) is 109 Å². The number of hydrogen-bond acceptors (Lipinski definition) is 8. The Labute approximate surface area is 327 Å². The maximum atomic E-state index is 7.32. The van der Waals surface area contributed by atoms with Crippen LogP contribution in [0, 0.1) is 71.0 Å². The van der Waals surface area contributed by atoms with E-state index in [1.54, 1.807) is 20.8 Å². The van der Waals surface area contributed by atoms with E-state index in [0.717, 1.165) is 25.7 Å². The second-order valence-electron chi connectivity index (χ2n) is 18.9. The Balaban J connectivity index is 1.68. The lowest BCUT2D eigenvalue weighted by atomic mass is 9.75. The first-order valence-corrected chi connectivity index (χ1v) is 29.3. The lowest BCUT2D eigenvalue weighted by molar-refractivity contribution is 0.0135. The Bertz CT molecular complexity index is 975. The van der Waals surface area contributed by atoms with E-state index in [1.807, 2.05) is 0 Å². The molecule has 0 spiro atoms. The highest BCUT2D eigenvalue weighted by atomic mass is 33.5. The maximum Gasteiger partial charge on any atom is 0.258 e. The minimum absolute atomic E-state index is 0.116. The van der Waals surface area contributed by atoms with Crippen LogP contribution >= 0.6 is 32.2 Å². The van der Waals surface area contributed by atoms with Crippen molar-refractivity contribution in [2.24, 2.45) is 71.0 Å². The molecule has 4 nitrogen and oxygen atoms in total. The van der Waals surface area contributed by atoms with Gasteiger partial charge in [-0.05, 0) is 146 Å². The summed E-state index contributed by atoms with van der Waals surface area (Å²) in [7, 11) is 3.28. The first-order valence-electron chi connectivity index (χ1n) is 20.7. The molecule has 4 saturated carbocycles. The van der Waals surface area contributed by atoms with E-state index < -0.39 is 11.4 Å². The van der Waals surface area contributed by atoms with E-state index in [9.17, 15) is 0 Å². The van der Waals surface area contributed by atoms with Gasteiger partial charge < -0.3 is 18.1 Å². The lowest BCUT2D eigenvalue weighted by Gasteiger charge is -2.44. The molecule has 1 unspecified atom stereocenters. The minimum Gasteiger partial charge on any atom is -0.317 e. The summed E-state index contributed by atoms with van der Waals surface area (Å²) in [5, 5.41) is 0. The molecule has 0 aromatic rings. The first-order chi connectivity index (χ1) is 23.4. The van der Waals surface area contributed by atoms with Gasteiger partial charge in [0.15, 0.2) is 0 Å². The lowest BCUT2D eigenvalue weighted by Crippen LogP contribution is -2.36. The first kappa shape index (κ1) is 44.6. The summed E-state index contributed by atoms with van der Waals surface area (Å²) in [5.41, 5.74) is -5.69. The van der Waals surface area contributed by atoms with Gasteiger partial charge in [-0.3, -0.25) is 0 Å². The summed E-state index contributed by atoms with van der Waals surface area (Å²) < 4.78 is 29.3. The molecular weight excluding hydrogens is 735 g/mol. The van der Waals surface area contributed by atoms with E-state index in [0.29, 0.717) is 71.0 Å². The predicted octanol–water partition coefficient (Wildman–Crippen LogP) is 14.7. The van der Waals surface area contributed by atoms with Crippen molar-refractivity contribution in [2.45, 2.75) is 185 Å². The molecule has 10 heteroatoms. The van der Waals surface area contributed by atoms with Crippen molar-refractivity contribution in [3.8, 4) is 0 Å². The smallest absolute Gasteiger partial charge is 0.258 e. The summed E-state index contributed by atoms with van der Waals surface area (Å²) in [6.45, 7) is 28.4. The zero-order valence-corrected chi connectivity index (χ0v) is 38.9. The summed E-state index contributed by atoms with van der Waals surface area (Å²) in [4.78, 5) is 0. The van der Waals surface area contributed by atoms with Crippen LogP contribution in [0.2, 0.25) is 0 Å². The van der Waals surface area contributed by atoms with Crippen LogP contribution in [-0.4, -0.2) is 24.4 Å². The molecular formula is C40H76O4P2S4. The largest absolute Gasteiger partial charge is 0.317 e. The SMILES string of the molecule is CC(C)[C@H]1CC[C@@H](C)C[C@H]1OP(=S)(O[C@@H]1C[C@H](C)CC[C@H]1C(C)C)SSP(=S)(O[C@@H]1C[C@H](C)CC[C@H]1C(C)C)O[C@@H]1C[C@H](C)CC[C@H]1C(C)C. The molecule has 0 heterocycles. The van der Waals surface area contributed by atoms with Crippen LogP contribution in [0.15, 0.2) is 0 Å². The average molecular weight is 811 g/mol. The molecule has 4 fully saturated rings. The van der Waals surface area contributed by atoms with Crippen molar-refractivity contribution in [3.05, 3.63) is 0 Å². The zero-order valence-electron chi connectivity index (χ0n) is 33.9. The highest BCUT2D eigenvalue weighted by Crippen LogP contribution is 2.80. The third-order valence-electron chi connectivity index (χ3n) is 13.1. The molecule has 50 heavy (non-hydrogen) atoms. The quantitative estimate of drug-likeness (QED) is 0.120. The molecule has 294 valence electrons. The van der Waals surface area contributed by atoms with Crippen molar-refractivity contribution in [1.82, 2.24) is 0 Å². The molecule has 0 aliphatic heterocycles. The highest BCUT2D eigenvalue weighted by Gasteiger charge is 2.45. The predicted molar refractivity (Wildman–Crippen MR) is 229 cm³/mol. The summed E-state index contributed by atoms with van der Waals surface area (Å²) in [6.07, 6.45) is 14.5. The Morgan fingerprint density at radius 2 is 0.600 bits per heavy atom. The van der Waals surface area contributed by atoms with E-state index in [4.69, 9.17) is 41.7 Å². The normalized spacial score (nSPS) is 39.0. The fraction of sp³-hybridized carbons (Fsp3) is 1.00. The molecule has 0 aromatic carbocycles.